The lowest BCUT2D eigenvalue weighted by atomic mass is 10.2. The molecular weight excluding hydrogens is 244 g/mol. The summed E-state index contributed by atoms with van der Waals surface area (Å²) in [5.74, 6) is 0. The summed E-state index contributed by atoms with van der Waals surface area (Å²) in [6.45, 7) is 1.93. The fourth-order valence-electron chi connectivity index (χ4n) is 1.54. The first-order valence-electron chi connectivity index (χ1n) is 5.83. The molecule has 0 saturated heterocycles. The van der Waals surface area contributed by atoms with Crippen molar-refractivity contribution in [2.45, 2.75) is 13.5 Å². The highest BCUT2D eigenvalue weighted by Gasteiger charge is 2.06. The minimum Gasteiger partial charge on any atom is -0.444 e. The molecule has 0 bridgehead atoms. The monoisotopic (exact) mass is 258 g/mol. The summed E-state index contributed by atoms with van der Waals surface area (Å²) in [5, 5.41) is 2.40. The van der Waals surface area contributed by atoms with Crippen molar-refractivity contribution in [1.29, 1.82) is 0 Å². The topological polar surface area (TPSA) is 71.2 Å². The SMILES string of the molecule is Cc1ccc(NC(=O)OCc2ccccc2)c(=O)[nH]1. The molecule has 2 rings (SSSR count). The lowest BCUT2D eigenvalue weighted by Gasteiger charge is -2.06. The second-order valence-electron chi connectivity index (χ2n) is 4.07. The first-order chi connectivity index (χ1) is 9.15. The van der Waals surface area contributed by atoms with Crippen LogP contribution in [0.2, 0.25) is 0 Å². The van der Waals surface area contributed by atoms with Gasteiger partial charge in [0.2, 0.25) is 0 Å². The van der Waals surface area contributed by atoms with Gasteiger partial charge in [-0.25, -0.2) is 4.79 Å². The van der Waals surface area contributed by atoms with Crippen LogP contribution in [-0.4, -0.2) is 11.1 Å². The van der Waals surface area contributed by atoms with Crippen LogP contribution in [0.15, 0.2) is 47.3 Å². The van der Waals surface area contributed by atoms with Crippen molar-refractivity contribution >= 4 is 11.8 Å². The third-order valence-electron chi connectivity index (χ3n) is 2.50. The Morgan fingerprint density at radius 3 is 2.63 bits per heavy atom. The van der Waals surface area contributed by atoms with Crippen LogP contribution in [-0.2, 0) is 11.3 Å². The van der Waals surface area contributed by atoms with Crippen LogP contribution in [0.1, 0.15) is 11.3 Å². The summed E-state index contributed by atoms with van der Waals surface area (Å²) < 4.78 is 5.01. The lowest BCUT2D eigenvalue weighted by molar-refractivity contribution is 0.155. The number of hydrogen-bond acceptors (Lipinski definition) is 3. The van der Waals surface area contributed by atoms with E-state index in [1.54, 1.807) is 13.0 Å². The number of rotatable bonds is 3. The van der Waals surface area contributed by atoms with Crippen LogP contribution in [0.3, 0.4) is 0 Å². The summed E-state index contributed by atoms with van der Waals surface area (Å²) in [6.07, 6.45) is -0.654. The fraction of sp³-hybridized carbons (Fsp3) is 0.143. The number of carbonyl (C=O) groups excluding carboxylic acids is 1. The van der Waals surface area contributed by atoms with Crippen molar-refractivity contribution in [3.8, 4) is 0 Å². The molecule has 1 aromatic heterocycles. The van der Waals surface area contributed by atoms with E-state index in [-0.39, 0.29) is 17.9 Å². The molecule has 98 valence electrons. The van der Waals surface area contributed by atoms with Gasteiger partial charge >= 0.3 is 6.09 Å². The second-order valence-corrected chi connectivity index (χ2v) is 4.07. The highest BCUT2D eigenvalue weighted by molar-refractivity contribution is 5.84. The van der Waals surface area contributed by atoms with Crippen LogP contribution in [0, 0.1) is 6.92 Å². The molecule has 0 aliphatic rings. The van der Waals surface area contributed by atoms with Gasteiger partial charge in [0, 0.05) is 5.69 Å². The Balaban J connectivity index is 1.93. The van der Waals surface area contributed by atoms with E-state index >= 15 is 0 Å². The molecule has 5 heteroatoms. The van der Waals surface area contributed by atoms with Crippen molar-refractivity contribution in [2.75, 3.05) is 5.32 Å². The van der Waals surface area contributed by atoms with E-state index in [1.807, 2.05) is 30.3 Å². The summed E-state index contributed by atoms with van der Waals surface area (Å²) in [5.41, 5.74) is 1.43. The molecule has 0 unspecified atom stereocenters. The van der Waals surface area contributed by atoms with Crippen LogP contribution in [0.25, 0.3) is 0 Å². The predicted octanol–water partition coefficient (Wildman–Crippen LogP) is 2.43. The third kappa shape index (κ3) is 3.70. The van der Waals surface area contributed by atoms with Crippen molar-refractivity contribution in [3.05, 3.63) is 64.1 Å². The summed E-state index contributed by atoms with van der Waals surface area (Å²) >= 11 is 0. The Hall–Kier alpha value is -2.56. The molecule has 0 fully saturated rings. The molecule has 0 atom stereocenters. The summed E-state index contributed by atoms with van der Waals surface area (Å²) in [4.78, 5) is 25.7. The molecule has 19 heavy (non-hydrogen) atoms. The highest BCUT2D eigenvalue weighted by atomic mass is 16.5. The number of amides is 1. The van der Waals surface area contributed by atoms with Gasteiger partial charge in [-0.15, -0.1) is 0 Å². The number of aromatic nitrogens is 1. The molecule has 1 amide bonds. The zero-order valence-electron chi connectivity index (χ0n) is 10.5. The molecule has 0 saturated carbocycles. The van der Waals surface area contributed by atoms with Gasteiger partial charge < -0.3 is 9.72 Å². The number of H-pyrrole nitrogens is 1. The number of aryl methyl sites for hydroxylation is 1. The average molecular weight is 258 g/mol. The number of nitrogens with one attached hydrogen (secondary N) is 2. The quantitative estimate of drug-likeness (QED) is 0.888. The summed E-state index contributed by atoms with van der Waals surface area (Å²) in [7, 11) is 0. The maximum atomic E-state index is 11.5. The minimum atomic E-state index is -0.654. The Labute approximate surface area is 110 Å². The molecule has 2 N–H and O–H groups in total. The van der Waals surface area contributed by atoms with Crippen molar-refractivity contribution < 1.29 is 9.53 Å². The molecule has 0 aliphatic carbocycles. The van der Waals surface area contributed by atoms with E-state index in [1.165, 1.54) is 6.07 Å². The number of anilines is 1. The zero-order valence-corrected chi connectivity index (χ0v) is 10.5. The van der Waals surface area contributed by atoms with Crippen molar-refractivity contribution in [3.63, 3.8) is 0 Å². The van der Waals surface area contributed by atoms with E-state index in [2.05, 4.69) is 10.3 Å². The maximum Gasteiger partial charge on any atom is 0.412 e. The average Bonchev–Trinajstić information content (AvgIpc) is 2.41. The van der Waals surface area contributed by atoms with E-state index in [4.69, 9.17) is 4.74 Å². The predicted molar refractivity (Wildman–Crippen MR) is 72.0 cm³/mol. The van der Waals surface area contributed by atoms with Gasteiger partial charge in [0.25, 0.3) is 5.56 Å². The maximum absolute atomic E-state index is 11.5. The Morgan fingerprint density at radius 2 is 1.95 bits per heavy atom. The molecule has 1 aromatic carbocycles. The lowest BCUT2D eigenvalue weighted by Crippen LogP contribution is -2.20. The zero-order chi connectivity index (χ0) is 13.7. The first-order valence-corrected chi connectivity index (χ1v) is 5.83. The van der Waals surface area contributed by atoms with Crippen LogP contribution in [0.4, 0.5) is 10.5 Å². The van der Waals surface area contributed by atoms with Crippen LogP contribution in [0.5, 0.6) is 0 Å². The Kier molecular flexibility index (Phi) is 3.97. The van der Waals surface area contributed by atoms with E-state index in [0.29, 0.717) is 0 Å². The minimum absolute atomic E-state index is 0.163. The van der Waals surface area contributed by atoms with Crippen LogP contribution < -0.4 is 10.9 Å². The number of hydrogen-bond donors (Lipinski definition) is 2. The first kappa shape index (κ1) is 12.9. The number of carbonyl (C=O) groups is 1. The molecule has 0 spiro atoms. The molecular formula is C14H14N2O3. The number of ether oxygens (including phenoxy) is 1. The number of pyridine rings is 1. The smallest absolute Gasteiger partial charge is 0.412 e. The molecule has 1 heterocycles. The van der Waals surface area contributed by atoms with Gasteiger partial charge in [0.15, 0.2) is 0 Å². The van der Waals surface area contributed by atoms with Crippen molar-refractivity contribution in [1.82, 2.24) is 4.98 Å². The van der Waals surface area contributed by atoms with Gasteiger partial charge in [-0.3, -0.25) is 10.1 Å². The largest absolute Gasteiger partial charge is 0.444 e. The molecule has 2 aromatic rings. The fourth-order valence-corrected chi connectivity index (χ4v) is 1.54. The third-order valence-corrected chi connectivity index (χ3v) is 2.50. The van der Waals surface area contributed by atoms with Crippen molar-refractivity contribution in [2.24, 2.45) is 0 Å². The summed E-state index contributed by atoms with van der Waals surface area (Å²) in [6, 6.07) is 12.6. The molecule has 0 radical (unpaired) electrons. The molecule has 5 nitrogen and oxygen atoms in total. The Morgan fingerprint density at radius 1 is 1.21 bits per heavy atom. The van der Waals surface area contributed by atoms with Gasteiger partial charge in [0.1, 0.15) is 12.3 Å². The number of benzene rings is 1. The van der Waals surface area contributed by atoms with E-state index < -0.39 is 6.09 Å². The number of aromatic amines is 1. The Bertz CT molecular complexity index is 620. The van der Waals surface area contributed by atoms with Crippen LogP contribution >= 0.6 is 0 Å². The van der Waals surface area contributed by atoms with Gasteiger partial charge in [-0.2, -0.15) is 0 Å². The van der Waals surface area contributed by atoms with E-state index in [9.17, 15) is 9.59 Å². The van der Waals surface area contributed by atoms with E-state index in [0.717, 1.165) is 11.3 Å². The highest BCUT2D eigenvalue weighted by Crippen LogP contribution is 2.03. The molecule has 0 aliphatic heterocycles. The van der Waals surface area contributed by atoms with Gasteiger partial charge in [-0.05, 0) is 24.6 Å². The standard InChI is InChI=1S/C14H14N2O3/c1-10-7-8-12(13(17)15-10)16-14(18)19-9-11-5-3-2-4-6-11/h2-8H,9H2,1H3,(H,15,17)(H,16,18). The van der Waals surface area contributed by atoms with Gasteiger partial charge in [-0.1, -0.05) is 30.3 Å². The van der Waals surface area contributed by atoms with Gasteiger partial charge in [0.05, 0.1) is 0 Å². The second kappa shape index (κ2) is 5.86. The normalized spacial score (nSPS) is 9.95.